The summed E-state index contributed by atoms with van der Waals surface area (Å²) in [5.74, 6) is 5.38. The molecule has 0 radical (unpaired) electrons. The van der Waals surface area contributed by atoms with Crippen molar-refractivity contribution in [1.82, 2.24) is 34.7 Å². The average Bonchev–Trinajstić information content (AvgIpc) is 3.17. The first-order valence-corrected chi connectivity index (χ1v) is 9.44. The first-order chi connectivity index (χ1) is 13.5. The lowest BCUT2D eigenvalue weighted by atomic mass is 9.99. The second-order valence-corrected chi connectivity index (χ2v) is 7.44. The number of nitrogens with zero attached hydrogens (tertiary/aromatic N) is 7. The van der Waals surface area contributed by atoms with E-state index in [1.54, 1.807) is 4.68 Å². The highest BCUT2D eigenvalue weighted by molar-refractivity contribution is 5.78. The highest BCUT2D eigenvalue weighted by atomic mass is 15.4. The predicted octanol–water partition coefficient (Wildman–Crippen LogP) is 2.77. The standard InChI is InChI=1S/C20H22N8/c1-11-6-5-7-16-19(11)25-20(24-16)15-9-27(10-15)17-8-18(23-12(2)22-17)28-14(4)21-13(3)26-28/h5-8,15H,9-10H2,1-4H3,(H,24,25). The van der Waals surface area contributed by atoms with Crippen molar-refractivity contribution in [3.8, 4) is 5.82 Å². The Kier molecular flexibility index (Phi) is 3.68. The van der Waals surface area contributed by atoms with Crippen molar-refractivity contribution < 1.29 is 0 Å². The fourth-order valence-electron chi connectivity index (χ4n) is 3.77. The fourth-order valence-corrected chi connectivity index (χ4v) is 3.77. The number of nitrogens with one attached hydrogen (secondary N) is 1. The van der Waals surface area contributed by atoms with Crippen molar-refractivity contribution in [2.75, 3.05) is 18.0 Å². The van der Waals surface area contributed by atoms with Crippen molar-refractivity contribution in [2.24, 2.45) is 0 Å². The smallest absolute Gasteiger partial charge is 0.161 e. The molecule has 1 aliphatic heterocycles. The number of benzene rings is 1. The Labute approximate surface area is 162 Å². The Hall–Kier alpha value is -3.29. The maximum absolute atomic E-state index is 4.78. The zero-order chi connectivity index (χ0) is 19.4. The van der Waals surface area contributed by atoms with Gasteiger partial charge in [0.25, 0.3) is 0 Å². The van der Waals surface area contributed by atoms with E-state index in [2.05, 4.69) is 55.1 Å². The molecule has 0 amide bonds. The Balaban J connectivity index is 1.40. The molecule has 1 aliphatic rings. The molecule has 28 heavy (non-hydrogen) atoms. The van der Waals surface area contributed by atoms with Gasteiger partial charge in [-0.25, -0.2) is 19.9 Å². The normalized spacial score (nSPS) is 14.6. The number of aromatic nitrogens is 7. The quantitative estimate of drug-likeness (QED) is 0.593. The van der Waals surface area contributed by atoms with Gasteiger partial charge >= 0.3 is 0 Å². The first-order valence-electron chi connectivity index (χ1n) is 9.44. The number of H-pyrrole nitrogens is 1. The zero-order valence-corrected chi connectivity index (χ0v) is 16.4. The molecule has 0 aliphatic carbocycles. The van der Waals surface area contributed by atoms with Crippen LogP contribution in [0.2, 0.25) is 0 Å². The third kappa shape index (κ3) is 2.72. The molecule has 0 bridgehead atoms. The minimum Gasteiger partial charge on any atom is -0.355 e. The van der Waals surface area contributed by atoms with Gasteiger partial charge in [-0.1, -0.05) is 12.1 Å². The number of aryl methyl sites for hydroxylation is 4. The van der Waals surface area contributed by atoms with Crippen molar-refractivity contribution >= 4 is 16.9 Å². The van der Waals surface area contributed by atoms with Crippen LogP contribution in [0.3, 0.4) is 0 Å². The second kappa shape index (κ2) is 6.12. The van der Waals surface area contributed by atoms with E-state index < -0.39 is 0 Å². The van der Waals surface area contributed by atoms with E-state index in [0.29, 0.717) is 5.92 Å². The van der Waals surface area contributed by atoms with Gasteiger partial charge in [0.2, 0.25) is 0 Å². The van der Waals surface area contributed by atoms with Crippen LogP contribution < -0.4 is 4.90 Å². The summed E-state index contributed by atoms with van der Waals surface area (Å²) in [6.07, 6.45) is 0. The van der Waals surface area contributed by atoms with Crippen LogP contribution in [0.15, 0.2) is 24.3 Å². The molecule has 3 aromatic heterocycles. The fraction of sp³-hybridized carbons (Fsp3) is 0.350. The van der Waals surface area contributed by atoms with Crippen LogP contribution in [0.5, 0.6) is 0 Å². The summed E-state index contributed by atoms with van der Waals surface area (Å²) in [7, 11) is 0. The molecular weight excluding hydrogens is 352 g/mol. The number of anilines is 1. The zero-order valence-electron chi connectivity index (χ0n) is 16.4. The molecule has 8 nitrogen and oxygen atoms in total. The average molecular weight is 374 g/mol. The van der Waals surface area contributed by atoms with Gasteiger partial charge in [0.05, 0.1) is 17.0 Å². The number of hydrogen-bond acceptors (Lipinski definition) is 6. The monoisotopic (exact) mass is 374 g/mol. The molecular formula is C20H22N8. The van der Waals surface area contributed by atoms with Crippen molar-refractivity contribution in [2.45, 2.75) is 33.6 Å². The molecule has 5 rings (SSSR count). The summed E-state index contributed by atoms with van der Waals surface area (Å²) < 4.78 is 1.77. The number of imidazole rings is 1. The number of aromatic amines is 1. The third-order valence-electron chi connectivity index (χ3n) is 5.24. The molecule has 1 fully saturated rings. The van der Waals surface area contributed by atoms with Crippen LogP contribution in [0, 0.1) is 27.7 Å². The molecule has 8 heteroatoms. The largest absolute Gasteiger partial charge is 0.355 e. The lowest BCUT2D eigenvalue weighted by Crippen LogP contribution is -2.46. The summed E-state index contributed by atoms with van der Waals surface area (Å²) in [5, 5.41) is 4.44. The molecule has 142 valence electrons. The lowest BCUT2D eigenvalue weighted by Gasteiger charge is -2.39. The summed E-state index contributed by atoms with van der Waals surface area (Å²) in [5.41, 5.74) is 3.39. The molecule has 4 aromatic rings. The Morgan fingerprint density at radius 3 is 2.43 bits per heavy atom. The van der Waals surface area contributed by atoms with Crippen LogP contribution in [0.1, 0.15) is 34.8 Å². The minimum absolute atomic E-state index is 0.376. The number of hydrogen-bond donors (Lipinski definition) is 1. The van der Waals surface area contributed by atoms with E-state index in [1.165, 1.54) is 5.56 Å². The number of rotatable bonds is 3. The number of fused-ring (bicyclic) bond motifs is 1. The molecule has 1 aromatic carbocycles. The summed E-state index contributed by atoms with van der Waals surface area (Å²) in [4.78, 5) is 24.1. The van der Waals surface area contributed by atoms with Crippen LogP contribution in [-0.4, -0.2) is 47.8 Å². The van der Waals surface area contributed by atoms with Crippen molar-refractivity contribution in [1.29, 1.82) is 0 Å². The van der Waals surface area contributed by atoms with Gasteiger partial charge in [-0.2, -0.15) is 4.68 Å². The van der Waals surface area contributed by atoms with Gasteiger partial charge in [0.1, 0.15) is 29.1 Å². The van der Waals surface area contributed by atoms with Gasteiger partial charge in [0.15, 0.2) is 5.82 Å². The summed E-state index contributed by atoms with van der Waals surface area (Å²) in [6, 6.07) is 8.19. The molecule has 0 saturated carbocycles. The van der Waals surface area contributed by atoms with E-state index in [0.717, 1.165) is 59.1 Å². The van der Waals surface area contributed by atoms with Gasteiger partial charge in [-0.15, -0.1) is 5.10 Å². The molecule has 0 spiro atoms. The molecule has 0 unspecified atom stereocenters. The Morgan fingerprint density at radius 2 is 1.71 bits per heavy atom. The Bertz CT molecular complexity index is 1180. The predicted molar refractivity (Wildman–Crippen MR) is 107 cm³/mol. The number of para-hydroxylation sites is 1. The third-order valence-corrected chi connectivity index (χ3v) is 5.24. The highest BCUT2D eigenvalue weighted by Crippen LogP contribution is 2.31. The van der Waals surface area contributed by atoms with E-state index >= 15 is 0 Å². The van der Waals surface area contributed by atoms with Gasteiger partial charge < -0.3 is 9.88 Å². The van der Waals surface area contributed by atoms with Crippen LogP contribution in [-0.2, 0) is 0 Å². The summed E-state index contributed by atoms with van der Waals surface area (Å²) >= 11 is 0. The maximum Gasteiger partial charge on any atom is 0.161 e. The molecule has 4 heterocycles. The minimum atomic E-state index is 0.376. The van der Waals surface area contributed by atoms with E-state index in [9.17, 15) is 0 Å². The lowest BCUT2D eigenvalue weighted by molar-refractivity contribution is 0.500. The van der Waals surface area contributed by atoms with Crippen LogP contribution >= 0.6 is 0 Å². The van der Waals surface area contributed by atoms with Crippen molar-refractivity contribution in [3.05, 3.63) is 53.1 Å². The first kappa shape index (κ1) is 16.9. The van der Waals surface area contributed by atoms with E-state index in [1.807, 2.05) is 26.8 Å². The topological polar surface area (TPSA) is 88.4 Å². The molecule has 0 atom stereocenters. The van der Waals surface area contributed by atoms with Gasteiger partial charge in [0, 0.05) is 19.2 Å². The Morgan fingerprint density at radius 1 is 0.929 bits per heavy atom. The van der Waals surface area contributed by atoms with Crippen LogP contribution in [0.4, 0.5) is 5.82 Å². The van der Waals surface area contributed by atoms with Crippen LogP contribution in [0.25, 0.3) is 16.9 Å². The second-order valence-electron chi connectivity index (χ2n) is 7.44. The molecule has 1 saturated heterocycles. The summed E-state index contributed by atoms with van der Waals surface area (Å²) in [6.45, 7) is 9.59. The van der Waals surface area contributed by atoms with Gasteiger partial charge in [-0.3, -0.25) is 0 Å². The van der Waals surface area contributed by atoms with Gasteiger partial charge in [-0.05, 0) is 39.3 Å². The SMILES string of the molecule is Cc1nc(N2CC(c3nc4cccc(C)c4[nH]3)C2)cc(-n2nc(C)nc2C)n1. The highest BCUT2D eigenvalue weighted by Gasteiger charge is 2.32. The molecule has 1 N–H and O–H groups in total. The van der Waals surface area contributed by atoms with E-state index in [-0.39, 0.29) is 0 Å². The van der Waals surface area contributed by atoms with Crippen molar-refractivity contribution in [3.63, 3.8) is 0 Å². The maximum atomic E-state index is 4.78. The van der Waals surface area contributed by atoms with E-state index in [4.69, 9.17) is 4.98 Å².